The minimum absolute atomic E-state index is 0.108. The lowest BCUT2D eigenvalue weighted by molar-refractivity contribution is -0.135. The standard InChI is InChI=1S/C24H32ClN3O2/c1-4-27(5-2)24(29)23-14-21(26-15-19-7-6-8-22(13-19)30-3)17-28(23)16-18-9-11-20(25)12-10-18/h6-13,21,23,26H,4-5,14-17H2,1-3H3/t21-,23-/m0/s1. The molecule has 1 aliphatic rings. The van der Waals surface area contributed by atoms with Crippen LogP contribution >= 0.6 is 11.6 Å². The van der Waals surface area contributed by atoms with Gasteiger partial charge in [0.25, 0.3) is 0 Å². The summed E-state index contributed by atoms with van der Waals surface area (Å²) in [5.74, 6) is 1.08. The molecule has 0 unspecified atom stereocenters. The maximum absolute atomic E-state index is 13.2. The second kappa shape index (κ2) is 10.8. The van der Waals surface area contributed by atoms with E-state index in [-0.39, 0.29) is 18.0 Å². The summed E-state index contributed by atoms with van der Waals surface area (Å²) in [5.41, 5.74) is 2.35. The zero-order chi connectivity index (χ0) is 21.5. The molecular formula is C24H32ClN3O2. The number of hydrogen-bond acceptors (Lipinski definition) is 4. The molecule has 30 heavy (non-hydrogen) atoms. The molecule has 1 fully saturated rings. The van der Waals surface area contributed by atoms with E-state index in [9.17, 15) is 4.79 Å². The van der Waals surface area contributed by atoms with Crippen LogP contribution in [0.2, 0.25) is 5.02 Å². The summed E-state index contributed by atoms with van der Waals surface area (Å²) < 4.78 is 5.32. The van der Waals surface area contributed by atoms with Crippen LogP contribution in [0.1, 0.15) is 31.4 Å². The van der Waals surface area contributed by atoms with Gasteiger partial charge in [-0.1, -0.05) is 35.9 Å². The first-order valence-electron chi connectivity index (χ1n) is 10.7. The molecule has 0 bridgehead atoms. The largest absolute Gasteiger partial charge is 0.497 e. The first-order chi connectivity index (χ1) is 14.5. The number of likely N-dealkylation sites (tertiary alicyclic amines) is 1. The first kappa shape index (κ1) is 22.6. The molecule has 0 saturated carbocycles. The van der Waals surface area contributed by atoms with Gasteiger partial charge in [0.15, 0.2) is 0 Å². The van der Waals surface area contributed by atoms with Gasteiger partial charge in [0, 0.05) is 43.8 Å². The molecule has 2 atom stereocenters. The Hall–Kier alpha value is -2.08. The van der Waals surface area contributed by atoms with Crippen molar-refractivity contribution in [3.63, 3.8) is 0 Å². The maximum atomic E-state index is 13.2. The second-order valence-electron chi connectivity index (χ2n) is 7.75. The van der Waals surface area contributed by atoms with Gasteiger partial charge >= 0.3 is 0 Å². The molecule has 0 aromatic heterocycles. The van der Waals surface area contributed by atoms with Gasteiger partial charge in [0.1, 0.15) is 5.75 Å². The molecule has 6 heteroatoms. The van der Waals surface area contributed by atoms with Gasteiger partial charge in [0.05, 0.1) is 13.2 Å². The Kier molecular flexibility index (Phi) is 8.14. The number of likely N-dealkylation sites (N-methyl/N-ethyl adjacent to an activating group) is 1. The fourth-order valence-electron chi connectivity index (χ4n) is 4.10. The normalized spacial score (nSPS) is 19.1. The molecule has 1 heterocycles. The summed E-state index contributed by atoms with van der Waals surface area (Å²) in [5, 5.41) is 4.38. The van der Waals surface area contributed by atoms with Crippen LogP contribution in [-0.4, -0.2) is 54.5 Å². The Morgan fingerprint density at radius 1 is 1.17 bits per heavy atom. The number of ether oxygens (including phenoxy) is 1. The fourth-order valence-corrected chi connectivity index (χ4v) is 4.22. The number of methoxy groups -OCH3 is 1. The number of hydrogen-bond donors (Lipinski definition) is 1. The highest BCUT2D eigenvalue weighted by atomic mass is 35.5. The molecule has 0 radical (unpaired) electrons. The van der Waals surface area contributed by atoms with Crippen LogP contribution in [0.25, 0.3) is 0 Å². The lowest BCUT2D eigenvalue weighted by Crippen LogP contribution is -2.45. The van der Waals surface area contributed by atoms with E-state index in [2.05, 4.69) is 16.3 Å². The number of carbonyl (C=O) groups is 1. The van der Waals surface area contributed by atoms with Crippen LogP contribution in [0.15, 0.2) is 48.5 Å². The summed E-state index contributed by atoms with van der Waals surface area (Å²) in [4.78, 5) is 17.4. The van der Waals surface area contributed by atoms with Crippen LogP contribution in [0.5, 0.6) is 5.75 Å². The number of nitrogens with one attached hydrogen (secondary N) is 1. The Balaban J connectivity index is 1.69. The van der Waals surface area contributed by atoms with Crippen molar-refractivity contribution in [2.45, 2.75) is 45.4 Å². The van der Waals surface area contributed by atoms with E-state index in [1.54, 1.807) is 7.11 Å². The molecular weight excluding hydrogens is 398 g/mol. The molecule has 1 amide bonds. The third kappa shape index (κ3) is 5.75. The van der Waals surface area contributed by atoms with Crippen LogP contribution in [0.3, 0.4) is 0 Å². The van der Waals surface area contributed by atoms with Crippen LogP contribution in [0.4, 0.5) is 0 Å². The van der Waals surface area contributed by atoms with Crippen molar-refractivity contribution in [3.8, 4) is 5.75 Å². The number of carbonyl (C=O) groups excluding carboxylic acids is 1. The average molecular weight is 430 g/mol. The van der Waals surface area contributed by atoms with Gasteiger partial charge in [-0.15, -0.1) is 0 Å². The van der Waals surface area contributed by atoms with Crippen molar-refractivity contribution in [1.82, 2.24) is 15.1 Å². The van der Waals surface area contributed by atoms with Gasteiger partial charge < -0.3 is 15.0 Å². The topological polar surface area (TPSA) is 44.8 Å². The van der Waals surface area contributed by atoms with Crippen LogP contribution in [-0.2, 0) is 17.9 Å². The number of halogens is 1. The molecule has 0 aliphatic carbocycles. The molecule has 5 nitrogen and oxygen atoms in total. The average Bonchev–Trinajstić information content (AvgIpc) is 3.17. The van der Waals surface area contributed by atoms with E-state index < -0.39 is 0 Å². The van der Waals surface area contributed by atoms with Gasteiger partial charge in [-0.2, -0.15) is 0 Å². The molecule has 2 aromatic rings. The highest BCUT2D eigenvalue weighted by molar-refractivity contribution is 6.30. The van der Waals surface area contributed by atoms with Crippen molar-refractivity contribution in [1.29, 1.82) is 0 Å². The van der Waals surface area contributed by atoms with Crippen molar-refractivity contribution in [2.24, 2.45) is 0 Å². The van der Waals surface area contributed by atoms with Crippen LogP contribution in [0, 0.1) is 0 Å². The summed E-state index contributed by atoms with van der Waals surface area (Å²) in [7, 11) is 1.68. The molecule has 1 saturated heterocycles. The van der Waals surface area contributed by atoms with E-state index in [1.807, 2.05) is 61.2 Å². The van der Waals surface area contributed by atoms with Crippen LogP contribution < -0.4 is 10.1 Å². The molecule has 0 spiro atoms. The SMILES string of the molecule is CCN(CC)C(=O)[C@@H]1C[C@H](NCc2cccc(OC)c2)CN1Cc1ccc(Cl)cc1. The highest BCUT2D eigenvalue weighted by Gasteiger charge is 2.38. The van der Waals surface area contributed by atoms with Gasteiger partial charge in [0.2, 0.25) is 5.91 Å². The molecule has 2 aromatic carbocycles. The molecule has 1 aliphatic heterocycles. The van der Waals surface area contributed by atoms with Gasteiger partial charge in [-0.25, -0.2) is 0 Å². The predicted octanol–water partition coefficient (Wildman–Crippen LogP) is 3.95. The van der Waals surface area contributed by atoms with E-state index in [1.165, 1.54) is 11.1 Å². The summed E-state index contributed by atoms with van der Waals surface area (Å²) in [6, 6.07) is 16.1. The Bertz CT molecular complexity index is 823. The zero-order valence-corrected chi connectivity index (χ0v) is 18.9. The first-order valence-corrected chi connectivity index (χ1v) is 11.0. The van der Waals surface area contributed by atoms with Crippen molar-refractivity contribution < 1.29 is 9.53 Å². The second-order valence-corrected chi connectivity index (χ2v) is 8.18. The third-order valence-electron chi connectivity index (χ3n) is 5.79. The molecule has 162 valence electrons. The number of nitrogens with zero attached hydrogens (tertiary/aromatic N) is 2. The fraction of sp³-hybridized carbons (Fsp3) is 0.458. The smallest absolute Gasteiger partial charge is 0.239 e. The highest BCUT2D eigenvalue weighted by Crippen LogP contribution is 2.24. The minimum atomic E-state index is -0.108. The maximum Gasteiger partial charge on any atom is 0.239 e. The lowest BCUT2D eigenvalue weighted by atomic mass is 10.1. The summed E-state index contributed by atoms with van der Waals surface area (Å²) in [6.45, 7) is 7.89. The van der Waals surface area contributed by atoms with E-state index in [4.69, 9.17) is 16.3 Å². The van der Waals surface area contributed by atoms with Crippen molar-refractivity contribution in [3.05, 3.63) is 64.7 Å². The summed E-state index contributed by atoms with van der Waals surface area (Å²) in [6.07, 6.45) is 0.812. The van der Waals surface area contributed by atoms with E-state index in [0.29, 0.717) is 0 Å². The van der Waals surface area contributed by atoms with Crippen molar-refractivity contribution in [2.75, 3.05) is 26.7 Å². The number of rotatable bonds is 9. The van der Waals surface area contributed by atoms with E-state index in [0.717, 1.165) is 49.9 Å². The number of amides is 1. The molecule has 1 N–H and O–H groups in total. The van der Waals surface area contributed by atoms with Gasteiger partial charge in [-0.05, 0) is 55.7 Å². The minimum Gasteiger partial charge on any atom is -0.497 e. The molecule has 3 rings (SSSR count). The lowest BCUT2D eigenvalue weighted by Gasteiger charge is -2.28. The zero-order valence-electron chi connectivity index (χ0n) is 18.1. The Labute approximate surface area is 185 Å². The van der Waals surface area contributed by atoms with E-state index >= 15 is 0 Å². The van der Waals surface area contributed by atoms with Crippen molar-refractivity contribution >= 4 is 17.5 Å². The predicted molar refractivity (Wildman–Crippen MR) is 122 cm³/mol. The quantitative estimate of drug-likeness (QED) is 0.655. The summed E-state index contributed by atoms with van der Waals surface area (Å²) >= 11 is 6.04. The Morgan fingerprint density at radius 3 is 2.57 bits per heavy atom. The monoisotopic (exact) mass is 429 g/mol. The van der Waals surface area contributed by atoms with Gasteiger partial charge in [-0.3, -0.25) is 9.69 Å². The number of benzene rings is 2. The third-order valence-corrected chi connectivity index (χ3v) is 6.04. The Morgan fingerprint density at radius 2 is 1.90 bits per heavy atom.